The van der Waals surface area contributed by atoms with E-state index in [1.54, 1.807) is 0 Å². The number of nitrogens with zero attached hydrogens (tertiary/aromatic N) is 1. The normalized spacial score (nSPS) is 26.4. The molecule has 0 bridgehead atoms. The summed E-state index contributed by atoms with van der Waals surface area (Å²) in [4.78, 5) is 11.5. The molecule has 0 amide bonds. The van der Waals surface area contributed by atoms with Crippen LogP contribution in [-0.4, -0.2) is 37.8 Å². The smallest absolute Gasteiger partial charge is 0.308 e. The quantitative estimate of drug-likeness (QED) is 0.803. The van der Waals surface area contributed by atoms with E-state index in [2.05, 4.69) is 43.5 Å². The van der Waals surface area contributed by atoms with Gasteiger partial charge in [-0.1, -0.05) is 52.1 Å². The zero-order valence-electron chi connectivity index (χ0n) is 12.8. The first-order chi connectivity index (χ1) is 8.05. The number of carboxylic acids is 1. The van der Waals surface area contributed by atoms with E-state index in [0.717, 1.165) is 19.3 Å². The predicted molar refractivity (Wildman–Crippen MR) is 81.9 cm³/mol. The van der Waals surface area contributed by atoms with Gasteiger partial charge in [-0.05, 0) is 12.8 Å². The molecule has 2 atom stereocenters. The van der Waals surface area contributed by atoms with Gasteiger partial charge in [-0.3, -0.25) is 4.79 Å². The van der Waals surface area contributed by atoms with E-state index < -0.39 is 22.4 Å². The molecule has 18 heavy (non-hydrogen) atoms. The first kappa shape index (κ1) is 15.9. The maximum atomic E-state index is 11.5. The van der Waals surface area contributed by atoms with Gasteiger partial charge in [0.05, 0.1) is 5.92 Å². The third-order valence-corrected chi connectivity index (χ3v) is 11.4. The fourth-order valence-electron chi connectivity index (χ4n) is 3.71. The van der Waals surface area contributed by atoms with Crippen LogP contribution in [0.2, 0.25) is 39.3 Å². The van der Waals surface area contributed by atoms with Crippen LogP contribution in [-0.2, 0) is 4.79 Å². The van der Waals surface area contributed by atoms with Crippen molar-refractivity contribution in [2.45, 2.75) is 71.0 Å². The van der Waals surface area contributed by atoms with Crippen LogP contribution in [0.25, 0.3) is 0 Å². The van der Waals surface area contributed by atoms with E-state index in [4.69, 9.17) is 0 Å². The summed E-state index contributed by atoms with van der Waals surface area (Å²) >= 11 is 0. The average Bonchev–Trinajstić information content (AvgIpc) is 2.13. The van der Waals surface area contributed by atoms with Crippen molar-refractivity contribution < 1.29 is 9.90 Å². The summed E-state index contributed by atoms with van der Waals surface area (Å²) in [7, 11) is -2.93. The molecule has 1 aliphatic carbocycles. The van der Waals surface area contributed by atoms with Crippen molar-refractivity contribution in [3.8, 4) is 0 Å². The highest BCUT2D eigenvalue weighted by atomic mass is 28.4. The second-order valence-electron chi connectivity index (χ2n) is 7.51. The van der Waals surface area contributed by atoms with Crippen LogP contribution in [0.5, 0.6) is 0 Å². The highest BCUT2D eigenvalue weighted by Crippen LogP contribution is 2.35. The van der Waals surface area contributed by atoms with Crippen LogP contribution >= 0.6 is 0 Å². The minimum Gasteiger partial charge on any atom is -0.481 e. The summed E-state index contributed by atoms with van der Waals surface area (Å²) < 4.78 is 2.69. The Labute approximate surface area is 114 Å². The van der Waals surface area contributed by atoms with E-state index in [9.17, 15) is 9.90 Å². The number of carbonyl (C=O) groups is 1. The first-order valence-electron chi connectivity index (χ1n) is 7.07. The van der Waals surface area contributed by atoms with Gasteiger partial charge in [0, 0.05) is 6.04 Å². The number of aliphatic carboxylic acids is 1. The number of hydrogen-bond acceptors (Lipinski definition) is 2. The molecule has 2 unspecified atom stereocenters. The second-order valence-corrected chi connectivity index (χ2v) is 17.6. The van der Waals surface area contributed by atoms with Crippen molar-refractivity contribution in [1.82, 2.24) is 4.23 Å². The Bertz CT molecular complexity index is 293. The lowest BCUT2D eigenvalue weighted by Crippen LogP contribution is -2.66. The number of rotatable bonds is 4. The van der Waals surface area contributed by atoms with Gasteiger partial charge in [-0.15, -0.1) is 0 Å². The fourth-order valence-corrected chi connectivity index (χ4v) is 14.4. The summed E-state index contributed by atoms with van der Waals surface area (Å²) in [6, 6.07) is 0.287. The Morgan fingerprint density at radius 2 is 1.44 bits per heavy atom. The maximum Gasteiger partial charge on any atom is 0.308 e. The molecule has 1 aliphatic rings. The van der Waals surface area contributed by atoms with Crippen molar-refractivity contribution in [2.75, 3.05) is 0 Å². The molecule has 0 aliphatic heterocycles. The SMILES string of the molecule is C[Si](C)(C)N(C1CCCCC1C(=O)O)[Si](C)(C)C. The maximum absolute atomic E-state index is 11.5. The molecule has 1 saturated carbocycles. The molecule has 0 radical (unpaired) electrons. The Hall–Kier alpha value is -0.136. The number of hydrogen-bond donors (Lipinski definition) is 1. The van der Waals surface area contributed by atoms with Gasteiger partial charge in [0.15, 0.2) is 0 Å². The van der Waals surface area contributed by atoms with Crippen LogP contribution in [0.3, 0.4) is 0 Å². The first-order valence-corrected chi connectivity index (χ1v) is 14.0. The Morgan fingerprint density at radius 1 is 1.00 bits per heavy atom. The van der Waals surface area contributed by atoms with Crippen LogP contribution in [0, 0.1) is 5.92 Å². The molecular formula is C13H29NO2Si2. The van der Waals surface area contributed by atoms with Crippen LogP contribution < -0.4 is 0 Å². The summed E-state index contributed by atoms with van der Waals surface area (Å²) in [5.74, 6) is -0.724. The second kappa shape index (κ2) is 5.47. The molecule has 0 saturated heterocycles. The van der Waals surface area contributed by atoms with Crippen molar-refractivity contribution in [3.05, 3.63) is 0 Å². The van der Waals surface area contributed by atoms with Gasteiger partial charge in [0.2, 0.25) is 0 Å². The molecule has 0 spiro atoms. The Morgan fingerprint density at radius 3 is 1.83 bits per heavy atom. The fraction of sp³-hybridized carbons (Fsp3) is 0.923. The summed E-state index contributed by atoms with van der Waals surface area (Å²) in [5.41, 5.74) is 0. The van der Waals surface area contributed by atoms with E-state index in [0.29, 0.717) is 0 Å². The van der Waals surface area contributed by atoms with E-state index >= 15 is 0 Å². The Balaban J connectivity index is 3.07. The third-order valence-electron chi connectivity index (χ3n) is 3.82. The standard InChI is InChI=1S/C13H29NO2Si2/c1-17(2,3)14(18(4,5)6)12-10-8-7-9-11(12)13(15)16/h11-12H,7-10H2,1-6H3,(H,15,16). The summed E-state index contributed by atoms with van der Waals surface area (Å²) in [6.45, 7) is 14.2. The van der Waals surface area contributed by atoms with Gasteiger partial charge in [-0.25, -0.2) is 0 Å². The molecule has 106 valence electrons. The van der Waals surface area contributed by atoms with Gasteiger partial charge in [0.1, 0.15) is 16.5 Å². The van der Waals surface area contributed by atoms with Gasteiger partial charge in [0.25, 0.3) is 0 Å². The topological polar surface area (TPSA) is 40.5 Å². The lowest BCUT2D eigenvalue weighted by atomic mass is 9.85. The average molecular weight is 288 g/mol. The molecule has 0 aromatic carbocycles. The summed E-state index contributed by atoms with van der Waals surface area (Å²) in [5, 5.41) is 9.49. The van der Waals surface area contributed by atoms with E-state index in [1.165, 1.54) is 6.42 Å². The third kappa shape index (κ3) is 3.68. The summed E-state index contributed by atoms with van der Waals surface area (Å²) in [6.07, 6.45) is 4.22. The van der Waals surface area contributed by atoms with E-state index in [1.807, 2.05) is 0 Å². The zero-order chi connectivity index (χ0) is 14.1. The van der Waals surface area contributed by atoms with E-state index in [-0.39, 0.29) is 12.0 Å². The van der Waals surface area contributed by atoms with Crippen molar-refractivity contribution in [2.24, 2.45) is 5.92 Å². The molecule has 5 heteroatoms. The zero-order valence-corrected chi connectivity index (χ0v) is 14.8. The molecule has 1 N–H and O–H groups in total. The van der Waals surface area contributed by atoms with Crippen LogP contribution in [0.4, 0.5) is 0 Å². The molecule has 0 heterocycles. The molecule has 0 aromatic heterocycles. The van der Waals surface area contributed by atoms with Crippen molar-refractivity contribution in [3.63, 3.8) is 0 Å². The van der Waals surface area contributed by atoms with Gasteiger partial charge >= 0.3 is 5.97 Å². The monoisotopic (exact) mass is 287 g/mol. The molecule has 0 aromatic rings. The highest BCUT2D eigenvalue weighted by Gasteiger charge is 2.44. The lowest BCUT2D eigenvalue weighted by molar-refractivity contribution is -0.144. The van der Waals surface area contributed by atoms with Crippen LogP contribution in [0.1, 0.15) is 25.7 Å². The lowest BCUT2D eigenvalue weighted by Gasteiger charge is -2.51. The molecule has 1 rings (SSSR count). The molecule has 3 nitrogen and oxygen atoms in total. The largest absolute Gasteiger partial charge is 0.481 e. The number of carboxylic acid groups (broad SMARTS) is 1. The Kier molecular flexibility index (Phi) is 4.83. The minimum absolute atomic E-state index is 0.141. The van der Waals surface area contributed by atoms with Crippen LogP contribution in [0.15, 0.2) is 0 Å². The van der Waals surface area contributed by atoms with Crippen molar-refractivity contribution >= 4 is 22.4 Å². The van der Waals surface area contributed by atoms with Crippen molar-refractivity contribution in [1.29, 1.82) is 0 Å². The highest BCUT2D eigenvalue weighted by molar-refractivity contribution is 6.89. The molecule has 1 fully saturated rings. The van der Waals surface area contributed by atoms with Gasteiger partial charge in [-0.2, -0.15) is 0 Å². The van der Waals surface area contributed by atoms with Gasteiger partial charge < -0.3 is 9.34 Å². The minimum atomic E-state index is -1.47. The predicted octanol–water partition coefficient (Wildman–Crippen LogP) is 3.60. The molecular weight excluding hydrogens is 258 g/mol.